The molecule has 0 aliphatic carbocycles. The lowest BCUT2D eigenvalue weighted by Gasteiger charge is -2.10. The van der Waals surface area contributed by atoms with Crippen molar-refractivity contribution < 1.29 is 4.79 Å². The van der Waals surface area contributed by atoms with E-state index in [0.29, 0.717) is 11.3 Å². The van der Waals surface area contributed by atoms with E-state index in [0.717, 1.165) is 22.6 Å². The number of anilines is 2. The van der Waals surface area contributed by atoms with E-state index in [9.17, 15) is 4.79 Å². The number of amides is 1. The lowest BCUT2D eigenvalue weighted by molar-refractivity contribution is 0.102. The second kappa shape index (κ2) is 5.60. The van der Waals surface area contributed by atoms with Crippen molar-refractivity contribution in [1.29, 1.82) is 0 Å². The summed E-state index contributed by atoms with van der Waals surface area (Å²) in [4.78, 5) is 12.4. The average Bonchev–Trinajstić information content (AvgIpc) is 2.69. The molecule has 5 nitrogen and oxygen atoms in total. The fraction of sp³-hybridized carbons (Fsp3) is 0.375. The summed E-state index contributed by atoms with van der Waals surface area (Å²) in [5, 5.41) is 7.40. The minimum absolute atomic E-state index is 0.203. The van der Waals surface area contributed by atoms with Crippen LogP contribution in [0.1, 0.15) is 47.2 Å². The number of hydrogen-bond acceptors (Lipinski definition) is 3. The molecule has 112 valence electrons. The van der Waals surface area contributed by atoms with Crippen molar-refractivity contribution in [2.75, 3.05) is 11.1 Å². The van der Waals surface area contributed by atoms with E-state index in [1.165, 1.54) is 0 Å². The molecule has 0 bridgehead atoms. The molecule has 2 aromatic rings. The molecule has 0 aliphatic heterocycles. The first-order valence-corrected chi connectivity index (χ1v) is 7.04. The molecule has 21 heavy (non-hydrogen) atoms. The Hall–Kier alpha value is -2.30. The summed E-state index contributed by atoms with van der Waals surface area (Å²) in [6.45, 7) is 9.90. The van der Waals surface area contributed by atoms with Gasteiger partial charge in [0.15, 0.2) is 0 Å². The molecule has 2 rings (SSSR count). The highest BCUT2D eigenvalue weighted by Gasteiger charge is 2.17. The van der Waals surface area contributed by atoms with Crippen LogP contribution in [0.15, 0.2) is 18.2 Å². The molecule has 0 spiro atoms. The zero-order chi connectivity index (χ0) is 15.7. The van der Waals surface area contributed by atoms with Gasteiger partial charge < -0.3 is 11.1 Å². The highest BCUT2D eigenvalue weighted by molar-refractivity contribution is 6.08. The Kier molecular flexibility index (Phi) is 4.02. The number of carbonyl (C=O) groups excluding carboxylic acids is 1. The Labute approximate surface area is 125 Å². The zero-order valence-corrected chi connectivity index (χ0v) is 13.2. The van der Waals surface area contributed by atoms with Gasteiger partial charge in [-0.05, 0) is 46.8 Å². The van der Waals surface area contributed by atoms with Crippen LogP contribution in [0.5, 0.6) is 0 Å². The van der Waals surface area contributed by atoms with Crippen molar-refractivity contribution in [3.63, 3.8) is 0 Å². The summed E-state index contributed by atoms with van der Waals surface area (Å²) in [6.07, 6.45) is 0. The number of nitrogens with two attached hydrogens (primary N) is 1. The van der Waals surface area contributed by atoms with Crippen molar-refractivity contribution in [2.24, 2.45) is 0 Å². The van der Waals surface area contributed by atoms with Crippen molar-refractivity contribution in [2.45, 2.75) is 40.7 Å². The second-order valence-corrected chi connectivity index (χ2v) is 5.63. The van der Waals surface area contributed by atoms with Crippen LogP contribution in [0, 0.1) is 20.8 Å². The summed E-state index contributed by atoms with van der Waals surface area (Å²) in [5.74, 6) is -0.203. The topological polar surface area (TPSA) is 72.9 Å². The molecule has 1 heterocycles. The Morgan fingerprint density at radius 1 is 1.29 bits per heavy atom. The molecule has 0 aliphatic rings. The lowest BCUT2D eigenvalue weighted by atomic mass is 10.1. The SMILES string of the molecule is Cc1ccc(N)c(C(=O)Nc2c(C)nn(C(C)C)c2C)c1. The van der Waals surface area contributed by atoms with E-state index in [-0.39, 0.29) is 11.9 Å². The Morgan fingerprint density at radius 2 is 1.95 bits per heavy atom. The first-order chi connectivity index (χ1) is 9.81. The van der Waals surface area contributed by atoms with Crippen LogP contribution in [0.4, 0.5) is 11.4 Å². The Balaban J connectivity index is 2.34. The quantitative estimate of drug-likeness (QED) is 0.851. The van der Waals surface area contributed by atoms with E-state index >= 15 is 0 Å². The van der Waals surface area contributed by atoms with Crippen LogP contribution in [0.3, 0.4) is 0 Å². The predicted molar refractivity (Wildman–Crippen MR) is 85.6 cm³/mol. The summed E-state index contributed by atoms with van der Waals surface area (Å²) in [7, 11) is 0. The maximum atomic E-state index is 12.4. The first kappa shape index (κ1) is 15.1. The molecule has 0 unspecified atom stereocenters. The van der Waals surface area contributed by atoms with Crippen molar-refractivity contribution in [3.05, 3.63) is 40.7 Å². The average molecular weight is 286 g/mol. The largest absolute Gasteiger partial charge is 0.398 e. The normalized spacial score (nSPS) is 11.0. The highest BCUT2D eigenvalue weighted by atomic mass is 16.1. The third kappa shape index (κ3) is 2.91. The number of nitrogens with zero attached hydrogens (tertiary/aromatic N) is 2. The molecule has 1 amide bonds. The van der Waals surface area contributed by atoms with Crippen LogP contribution in [0.2, 0.25) is 0 Å². The Morgan fingerprint density at radius 3 is 2.52 bits per heavy atom. The number of aryl methyl sites for hydroxylation is 2. The number of hydrogen-bond donors (Lipinski definition) is 2. The summed E-state index contributed by atoms with van der Waals surface area (Å²) < 4.78 is 1.91. The van der Waals surface area contributed by atoms with Crippen molar-refractivity contribution >= 4 is 17.3 Å². The van der Waals surface area contributed by atoms with E-state index < -0.39 is 0 Å². The van der Waals surface area contributed by atoms with Gasteiger partial charge in [0.05, 0.1) is 22.6 Å². The third-order valence-corrected chi connectivity index (χ3v) is 3.51. The highest BCUT2D eigenvalue weighted by Crippen LogP contribution is 2.24. The van der Waals surface area contributed by atoms with Gasteiger partial charge in [0, 0.05) is 11.7 Å². The number of nitrogens with one attached hydrogen (secondary N) is 1. The van der Waals surface area contributed by atoms with Gasteiger partial charge in [-0.25, -0.2) is 0 Å². The molecule has 3 N–H and O–H groups in total. The number of aromatic nitrogens is 2. The lowest BCUT2D eigenvalue weighted by Crippen LogP contribution is -2.15. The fourth-order valence-corrected chi connectivity index (χ4v) is 2.39. The van der Waals surface area contributed by atoms with E-state index in [1.807, 2.05) is 31.5 Å². The number of carbonyl (C=O) groups is 1. The van der Waals surface area contributed by atoms with E-state index in [2.05, 4.69) is 24.3 Å². The number of rotatable bonds is 3. The van der Waals surface area contributed by atoms with Gasteiger partial charge in [0.1, 0.15) is 0 Å². The standard InChI is InChI=1S/C16H22N4O/c1-9(2)20-12(5)15(11(4)19-20)18-16(21)13-8-10(3)6-7-14(13)17/h6-9H,17H2,1-5H3,(H,18,21). The van der Waals surface area contributed by atoms with Crippen LogP contribution < -0.4 is 11.1 Å². The van der Waals surface area contributed by atoms with Crippen molar-refractivity contribution in [1.82, 2.24) is 9.78 Å². The molecule has 0 saturated heterocycles. The smallest absolute Gasteiger partial charge is 0.257 e. The zero-order valence-electron chi connectivity index (χ0n) is 13.2. The first-order valence-electron chi connectivity index (χ1n) is 7.04. The monoisotopic (exact) mass is 286 g/mol. The summed E-state index contributed by atoms with van der Waals surface area (Å²) in [5.41, 5.74) is 10.4. The molecule has 0 fully saturated rings. The molecular weight excluding hydrogens is 264 g/mol. The van der Waals surface area contributed by atoms with Gasteiger partial charge in [-0.1, -0.05) is 11.6 Å². The minimum Gasteiger partial charge on any atom is -0.398 e. The predicted octanol–water partition coefficient (Wildman–Crippen LogP) is 3.22. The van der Waals surface area contributed by atoms with Gasteiger partial charge in [0.25, 0.3) is 5.91 Å². The molecule has 0 radical (unpaired) electrons. The van der Waals surface area contributed by atoms with Crippen LogP contribution >= 0.6 is 0 Å². The van der Waals surface area contributed by atoms with Crippen LogP contribution in [-0.2, 0) is 0 Å². The van der Waals surface area contributed by atoms with E-state index in [4.69, 9.17) is 5.73 Å². The molecule has 1 aromatic carbocycles. The van der Waals surface area contributed by atoms with Gasteiger partial charge in [0.2, 0.25) is 0 Å². The fourth-order valence-electron chi connectivity index (χ4n) is 2.39. The molecule has 1 aromatic heterocycles. The molecule has 5 heteroatoms. The Bertz CT molecular complexity index is 686. The maximum Gasteiger partial charge on any atom is 0.257 e. The number of benzene rings is 1. The van der Waals surface area contributed by atoms with Crippen LogP contribution in [-0.4, -0.2) is 15.7 Å². The molecule has 0 saturated carbocycles. The molecule has 0 atom stereocenters. The second-order valence-electron chi connectivity index (χ2n) is 5.63. The molecular formula is C16H22N4O. The van der Waals surface area contributed by atoms with Gasteiger partial charge >= 0.3 is 0 Å². The minimum atomic E-state index is -0.203. The van der Waals surface area contributed by atoms with Gasteiger partial charge in [-0.3, -0.25) is 9.48 Å². The van der Waals surface area contributed by atoms with E-state index in [1.54, 1.807) is 12.1 Å². The van der Waals surface area contributed by atoms with Crippen molar-refractivity contribution in [3.8, 4) is 0 Å². The maximum absolute atomic E-state index is 12.4. The summed E-state index contributed by atoms with van der Waals surface area (Å²) >= 11 is 0. The summed E-state index contributed by atoms with van der Waals surface area (Å²) in [6, 6.07) is 5.68. The van der Waals surface area contributed by atoms with Crippen LogP contribution in [0.25, 0.3) is 0 Å². The van der Waals surface area contributed by atoms with Gasteiger partial charge in [-0.2, -0.15) is 5.10 Å². The third-order valence-electron chi connectivity index (χ3n) is 3.51. The number of nitrogen functional groups attached to an aromatic ring is 1. The van der Waals surface area contributed by atoms with Gasteiger partial charge in [-0.15, -0.1) is 0 Å².